The van der Waals surface area contributed by atoms with Gasteiger partial charge in [0.2, 0.25) is 5.91 Å². The van der Waals surface area contributed by atoms with Crippen molar-refractivity contribution in [3.63, 3.8) is 0 Å². The molecule has 1 saturated heterocycles. The molecule has 1 N–H and O–H groups in total. The normalized spacial score (nSPS) is 19.8. The number of benzene rings is 1. The molecule has 4 rings (SSSR count). The monoisotopic (exact) mass is 381 g/mol. The van der Waals surface area contributed by atoms with Crippen LogP contribution in [-0.2, 0) is 11.3 Å². The van der Waals surface area contributed by atoms with Gasteiger partial charge in [0.15, 0.2) is 0 Å². The summed E-state index contributed by atoms with van der Waals surface area (Å²) in [6.07, 6.45) is 3.00. The number of carbonyl (C=O) groups is 1. The lowest BCUT2D eigenvalue weighted by Crippen LogP contribution is -2.51. The molecular weight excluding hydrogens is 358 g/mol. The predicted molar refractivity (Wildman–Crippen MR) is 103 cm³/mol. The highest BCUT2D eigenvalue weighted by atomic mass is 16.5. The van der Waals surface area contributed by atoms with Crippen LogP contribution in [0.15, 0.2) is 36.7 Å². The van der Waals surface area contributed by atoms with E-state index in [1.807, 2.05) is 31.2 Å². The Bertz CT molecular complexity index is 1000. The zero-order chi connectivity index (χ0) is 19.7. The van der Waals surface area contributed by atoms with Gasteiger partial charge in [0.25, 0.3) is 0 Å². The van der Waals surface area contributed by atoms with E-state index in [2.05, 4.69) is 15.1 Å². The summed E-state index contributed by atoms with van der Waals surface area (Å²) < 4.78 is 7.59. The molecule has 0 radical (unpaired) electrons. The third-order valence-electron chi connectivity index (χ3n) is 5.02. The molecule has 146 valence electrons. The largest absolute Gasteiger partial charge is 0.488 e. The molecule has 0 saturated carbocycles. The van der Waals surface area contributed by atoms with Gasteiger partial charge >= 0.3 is 0 Å². The highest BCUT2D eigenvalue weighted by Gasteiger charge is 2.32. The number of nitrogens with zero attached hydrogens (tertiary/aromatic N) is 5. The Labute approximate surface area is 162 Å². The van der Waals surface area contributed by atoms with Gasteiger partial charge in [-0.15, -0.1) is 0 Å². The van der Waals surface area contributed by atoms with Crippen molar-refractivity contribution in [1.82, 2.24) is 24.6 Å². The molecule has 8 nitrogen and oxygen atoms in total. The Morgan fingerprint density at radius 1 is 1.29 bits per heavy atom. The van der Waals surface area contributed by atoms with E-state index in [4.69, 9.17) is 4.74 Å². The number of aliphatic hydroxyl groups is 1. The molecule has 0 aliphatic carbocycles. The van der Waals surface area contributed by atoms with Gasteiger partial charge in [-0.3, -0.25) is 9.78 Å². The van der Waals surface area contributed by atoms with Crippen molar-refractivity contribution in [2.45, 2.75) is 39.0 Å². The number of fused-ring (bicyclic) bond motifs is 1. The van der Waals surface area contributed by atoms with Crippen LogP contribution < -0.4 is 4.74 Å². The highest BCUT2D eigenvalue weighted by Crippen LogP contribution is 2.24. The standard InChI is InChI=1S/C20H23N5O3/c1-13-22-14(2)25(23-13)12-20(27)24-8-6-19(18(26)11-24)28-17-4-3-15-5-7-21-10-16(15)9-17/h3-5,7,9-10,18-19,26H,6,8,11-12H2,1-2H3/t18-,19-/m1/s1. The molecule has 1 aliphatic rings. The van der Waals surface area contributed by atoms with Gasteiger partial charge in [-0.2, -0.15) is 5.10 Å². The second-order valence-corrected chi connectivity index (χ2v) is 7.10. The van der Waals surface area contributed by atoms with Gasteiger partial charge in [0, 0.05) is 30.7 Å². The molecule has 0 unspecified atom stereocenters. The number of piperidine rings is 1. The van der Waals surface area contributed by atoms with E-state index in [0.29, 0.717) is 30.4 Å². The van der Waals surface area contributed by atoms with E-state index in [-0.39, 0.29) is 25.1 Å². The molecule has 3 heterocycles. The number of rotatable bonds is 4. The van der Waals surface area contributed by atoms with Crippen LogP contribution in [0.5, 0.6) is 5.75 Å². The molecule has 8 heteroatoms. The predicted octanol–water partition coefficient (Wildman–Crippen LogP) is 1.48. The second-order valence-electron chi connectivity index (χ2n) is 7.10. The molecule has 2 aromatic heterocycles. The summed E-state index contributed by atoms with van der Waals surface area (Å²) >= 11 is 0. The average Bonchev–Trinajstić information content (AvgIpc) is 3.00. The van der Waals surface area contributed by atoms with Crippen molar-refractivity contribution >= 4 is 16.7 Å². The minimum absolute atomic E-state index is 0.0812. The van der Waals surface area contributed by atoms with Gasteiger partial charge in [-0.25, -0.2) is 9.67 Å². The number of β-amino-alcohol motifs (C(OH)–C–C–N with tert-alkyl or cyclic N) is 1. The topological polar surface area (TPSA) is 93.4 Å². The fourth-order valence-corrected chi connectivity index (χ4v) is 3.52. The molecule has 1 fully saturated rings. The molecule has 0 bridgehead atoms. The van der Waals surface area contributed by atoms with Crippen molar-refractivity contribution < 1.29 is 14.6 Å². The molecule has 28 heavy (non-hydrogen) atoms. The number of carbonyl (C=O) groups excluding carboxylic acids is 1. The first-order chi connectivity index (χ1) is 13.5. The molecule has 1 aliphatic heterocycles. The molecule has 3 aromatic rings. The SMILES string of the molecule is Cc1nc(C)n(CC(=O)N2CC[C@@H](Oc3ccc4ccncc4c3)[C@H](O)C2)n1. The summed E-state index contributed by atoms with van der Waals surface area (Å²) in [5.41, 5.74) is 0. The summed E-state index contributed by atoms with van der Waals surface area (Å²) in [7, 11) is 0. The number of likely N-dealkylation sites (tertiary alicyclic amines) is 1. The van der Waals surface area contributed by atoms with Crippen molar-refractivity contribution in [3.8, 4) is 5.75 Å². The fourth-order valence-electron chi connectivity index (χ4n) is 3.52. The summed E-state index contributed by atoms with van der Waals surface area (Å²) in [5.74, 6) is 1.96. The third kappa shape index (κ3) is 3.82. The first kappa shape index (κ1) is 18.4. The zero-order valence-electron chi connectivity index (χ0n) is 15.9. The number of aryl methyl sites for hydroxylation is 2. The average molecular weight is 381 g/mol. The van der Waals surface area contributed by atoms with E-state index in [9.17, 15) is 9.90 Å². The number of hydrogen-bond donors (Lipinski definition) is 1. The van der Waals surface area contributed by atoms with Crippen LogP contribution in [-0.4, -0.2) is 61.0 Å². The second kappa shape index (κ2) is 7.55. The van der Waals surface area contributed by atoms with Crippen LogP contribution in [0.25, 0.3) is 10.8 Å². The minimum atomic E-state index is -0.749. The lowest BCUT2D eigenvalue weighted by atomic mass is 10.0. The van der Waals surface area contributed by atoms with Crippen LogP contribution in [0, 0.1) is 13.8 Å². The smallest absolute Gasteiger partial charge is 0.244 e. The van der Waals surface area contributed by atoms with E-state index in [0.717, 1.165) is 10.8 Å². The van der Waals surface area contributed by atoms with E-state index in [1.165, 1.54) is 0 Å². The molecule has 2 atom stereocenters. The molecular formula is C20H23N5O3. The van der Waals surface area contributed by atoms with E-state index >= 15 is 0 Å². The summed E-state index contributed by atoms with van der Waals surface area (Å²) in [6, 6.07) is 7.72. The van der Waals surface area contributed by atoms with Crippen LogP contribution in [0.2, 0.25) is 0 Å². The Balaban J connectivity index is 1.37. The molecule has 0 spiro atoms. The van der Waals surface area contributed by atoms with Gasteiger partial charge in [-0.1, -0.05) is 6.07 Å². The van der Waals surface area contributed by atoms with Gasteiger partial charge in [-0.05, 0) is 37.4 Å². The Hall–Kier alpha value is -3.00. The van der Waals surface area contributed by atoms with Crippen LogP contribution in [0.1, 0.15) is 18.1 Å². The number of aromatic nitrogens is 4. The summed E-state index contributed by atoms with van der Waals surface area (Å²) in [4.78, 5) is 22.6. The van der Waals surface area contributed by atoms with Crippen LogP contribution in [0.4, 0.5) is 0 Å². The Kier molecular flexibility index (Phi) is 4.95. The molecule has 1 amide bonds. The van der Waals surface area contributed by atoms with Gasteiger partial charge in [0.05, 0.1) is 6.54 Å². The van der Waals surface area contributed by atoms with Gasteiger partial charge < -0.3 is 14.7 Å². The Morgan fingerprint density at radius 2 is 2.14 bits per heavy atom. The lowest BCUT2D eigenvalue weighted by molar-refractivity contribution is -0.137. The molecule has 1 aromatic carbocycles. The van der Waals surface area contributed by atoms with Crippen molar-refractivity contribution in [2.75, 3.05) is 13.1 Å². The first-order valence-electron chi connectivity index (χ1n) is 9.34. The third-order valence-corrected chi connectivity index (χ3v) is 5.02. The van der Waals surface area contributed by atoms with Crippen LogP contribution in [0.3, 0.4) is 0 Å². The fraction of sp³-hybridized carbons (Fsp3) is 0.400. The number of aliphatic hydroxyl groups excluding tert-OH is 1. The quantitative estimate of drug-likeness (QED) is 0.736. The maximum Gasteiger partial charge on any atom is 0.244 e. The van der Waals surface area contributed by atoms with E-state index < -0.39 is 6.10 Å². The summed E-state index contributed by atoms with van der Waals surface area (Å²) in [5, 5.41) is 16.8. The van der Waals surface area contributed by atoms with Gasteiger partial charge in [0.1, 0.15) is 36.2 Å². The van der Waals surface area contributed by atoms with Crippen molar-refractivity contribution in [3.05, 3.63) is 48.3 Å². The minimum Gasteiger partial charge on any atom is -0.488 e. The van der Waals surface area contributed by atoms with Crippen molar-refractivity contribution in [1.29, 1.82) is 0 Å². The van der Waals surface area contributed by atoms with Crippen LogP contribution >= 0.6 is 0 Å². The number of hydrogen-bond acceptors (Lipinski definition) is 6. The maximum atomic E-state index is 12.6. The lowest BCUT2D eigenvalue weighted by Gasteiger charge is -2.36. The van der Waals surface area contributed by atoms with E-state index in [1.54, 1.807) is 28.9 Å². The highest BCUT2D eigenvalue weighted by molar-refractivity contribution is 5.82. The zero-order valence-corrected chi connectivity index (χ0v) is 15.9. The van der Waals surface area contributed by atoms with Crippen molar-refractivity contribution in [2.24, 2.45) is 0 Å². The number of ether oxygens (including phenoxy) is 1. The maximum absolute atomic E-state index is 12.6. The first-order valence-corrected chi connectivity index (χ1v) is 9.34. The summed E-state index contributed by atoms with van der Waals surface area (Å²) in [6.45, 7) is 4.51. The number of pyridine rings is 1. The number of amides is 1. The Morgan fingerprint density at radius 3 is 2.89 bits per heavy atom.